The third-order valence-corrected chi connectivity index (χ3v) is 3.50. The van der Waals surface area contributed by atoms with Gasteiger partial charge in [-0.3, -0.25) is 0 Å². The summed E-state index contributed by atoms with van der Waals surface area (Å²) < 4.78 is 2.00. The summed E-state index contributed by atoms with van der Waals surface area (Å²) in [6.45, 7) is 1.92. The third kappa shape index (κ3) is 2.01. The van der Waals surface area contributed by atoms with Crippen LogP contribution < -0.4 is 0 Å². The molecular formula is C17H14N4. The maximum absolute atomic E-state index is 4.57. The Labute approximate surface area is 122 Å². The van der Waals surface area contributed by atoms with Gasteiger partial charge in [-0.25, -0.2) is 9.97 Å². The normalized spacial score (nSPS) is 11.1. The SMILES string of the molecule is Cc1nc(-n2cccc2)c2[nH]c(-c3ccccc3)cc2n1. The van der Waals surface area contributed by atoms with Gasteiger partial charge in [0.25, 0.3) is 0 Å². The van der Waals surface area contributed by atoms with Crippen molar-refractivity contribution in [3.63, 3.8) is 0 Å². The Morgan fingerprint density at radius 1 is 0.952 bits per heavy atom. The predicted octanol–water partition coefficient (Wildman–Crippen LogP) is 3.72. The molecule has 4 heteroatoms. The molecule has 4 aromatic rings. The van der Waals surface area contributed by atoms with E-state index in [0.29, 0.717) is 0 Å². The zero-order valence-electron chi connectivity index (χ0n) is 11.6. The molecule has 0 fully saturated rings. The number of aryl methyl sites for hydroxylation is 1. The van der Waals surface area contributed by atoms with Gasteiger partial charge in [-0.1, -0.05) is 30.3 Å². The van der Waals surface area contributed by atoms with E-state index >= 15 is 0 Å². The molecular weight excluding hydrogens is 260 g/mol. The summed E-state index contributed by atoms with van der Waals surface area (Å²) in [5, 5.41) is 0. The molecule has 0 aliphatic carbocycles. The van der Waals surface area contributed by atoms with Crippen LogP contribution in [0.5, 0.6) is 0 Å². The Morgan fingerprint density at radius 3 is 2.48 bits per heavy atom. The molecule has 0 aliphatic heterocycles. The minimum absolute atomic E-state index is 0.768. The number of benzene rings is 1. The van der Waals surface area contributed by atoms with Crippen LogP contribution in [0.4, 0.5) is 0 Å². The predicted molar refractivity (Wildman–Crippen MR) is 83.4 cm³/mol. The average Bonchev–Trinajstić information content (AvgIpc) is 3.16. The van der Waals surface area contributed by atoms with E-state index in [4.69, 9.17) is 0 Å². The average molecular weight is 274 g/mol. The van der Waals surface area contributed by atoms with Crippen LogP contribution in [0.1, 0.15) is 5.82 Å². The zero-order valence-corrected chi connectivity index (χ0v) is 11.6. The van der Waals surface area contributed by atoms with E-state index in [0.717, 1.165) is 33.9 Å². The molecule has 21 heavy (non-hydrogen) atoms. The summed E-state index contributed by atoms with van der Waals surface area (Å²) in [5.74, 6) is 1.65. The smallest absolute Gasteiger partial charge is 0.164 e. The Balaban J connectivity index is 1.97. The molecule has 4 nitrogen and oxygen atoms in total. The number of nitrogens with zero attached hydrogens (tertiary/aromatic N) is 3. The van der Waals surface area contributed by atoms with Crippen LogP contribution in [0.3, 0.4) is 0 Å². The number of hydrogen-bond donors (Lipinski definition) is 1. The van der Waals surface area contributed by atoms with E-state index in [2.05, 4.69) is 33.2 Å². The van der Waals surface area contributed by atoms with Crippen molar-refractivity contribution in [2.45, 2.75) is 6.92 Å². The molecule has 0 saturated heterocycles. The van der Waals surface area contributed by atoms with Crippen molar-refractivity contribution < 1.29 is 0 Å². The maximum Gasteiger partial charge on any atom is 0.164 e. The molecule has 0 atom stereocenters. The largest absolute Gasteiger partial charge is 0.350 e. The molecule has 0 spiro atoms. The highest BCUT2D eigenvalue weighted by atomic mass is 15.1. The highest BCUT2D eigenvalue weighted by Gasteiger charge is 2.11. The molecule has 0 radical (unpaired) electrons. The number of nitrogens with one attached hydrogen (secondary N) is 1. The van der Waals surface area contributed by atoms with Crippen molar-refractivity contribution in [3.05, 3.63) is 66.7 Å². The quantitative estimate of drug-likeness (QED) is 0.605. The molecule has 1 N–H and O–H groups in total. The van der Waals surface area contributed by atoms with Crippen LogP contribution in [0.25, 0.3) is 28.1 Å². The number of hydrogen-bond acceptors (Lipinski definition) is 2. The summed E-state index contributed by atoms with van der Waals surface area (Å²) >= 11 is 0. The molecule has 0 bridgehead atoms. The van der Waals surface area contributed by atoms with E-state index < -0.39 is 0 Å². The van der Waals surface area contributed by atoms with Crippen molar-refractivity contribution in [1.29, 1.82) is 0 Å². The molecule has 3 heterocycles. The first-order valence-electron chi connectivity index (χ1n) is 6.87. The van der Waals surface area contributed by atoms with Crippen molar-refractivity contribution in [2.24, 2.45) is 0 Å². The van der Waals surface area contributed by atoms with Crippen LogP contribution in [0, 0.1) is 6.92 Å². The monoisotopic (exact) mass is 274 g/mol. The molecule has 0 amide bonds. The molecule has 0 saturated carbocycles. The van der Waals surface area contributed by atoms with Crippen LogP contribution in [-0.4, -0.2) is 19.5 Å². The van der Waals surface area contributed by atoms with Gasteiger partial charge >= 0.3 is 0 Å². The topological polar surface area (TPSA) is 46.5 Å². The fourth-order valence-electron chi connectivity index (χ4n) is 2.55. The fraction of sp³-hybridized carbons (Fsp3) is 0.0588. The minimum Gasteiger partial charge on any atom is -0.350 e. The second kappa shape index (κ2) is 4.59. The number of aromatic nitrogens is 4. The van der Waals surface area contributed by atoms with Crippen molar-refractivity contribution in [1.82, 2.24) is 19.5 Å². The second-order valence-corrected chi connectivity index (χ2v) is 4.99. The lowest BCUT2D eigenvalue weighted by molar-refractivity contribution is 0.968. The van der Waals surface area contributed by atoms with E-state index in [1.165, 1.54) is 0 Å². The van der Waals surface area contributed by atoms with Crippen molar-refractivity contribution in [2.75, 3.05) is 0 Å². The lowest BCUT2D eigenvalue weighted by atomic mass is 10.2. The first kappa shape index (κ1) is 11.9. The van der Waals surface area contributed by atoms with Gasteiger partial charge in [0.2, 0.25) is 0 Å². The number of rotatable bonds is 2. The summed E-state index contributed by atoms with van der Waals surface area (Å²) in [4.78, 5) is 12.6. The first-order valence-corrected chi connectivity index (χ1v) is 6.87. The lowest BCUT2D eigenvalue weighted by Gasteiger charge is -2.04. The highest BCUT2D eigenvalue weighted by Crippen LogP contribution is 2.26. The van der Waals surface area contributed by atoms with Crippen LogP contribution in [0.15, 0.2) is 60.9 Å². The van der Waals surface area contributed by atoms with Crippen LogP contribution in [-0.2, 0) is 0 Å². The Morgan fingerprint density at radius 2 is 1.71 bits per heavy atom. The van der Waals surface area contributed by atoms with Crippen molar-refractivity contribution in [3.8, 4) is 17.1 Å². The number of H-pyrrole nitrogens is 1. The summed E-state index contributed by atoms with van der Waals surface area (Å²) in [6, 6.07) is 16.3. The van der Waals surface area contributed by atoms with Gasteiger partial charge in [0, 0.05) is 18.1 Å². The third-order valence-electron chi connectivity index (χ3n) is 3.50. The van der Waals surface area contributed by atoms with E-state index in [1.807, 2.05) is 54.2 Å². The minimum atomic E-state index is 0.768. The molecule has 0 aliphatic rings. The van der Waals surface area contributed by atoms with Gasteiger partial charge in [0.1, 0.15) is 11.3 Å². The first-order chi connectivity index (χ1) is 10.3. The Kier molecular flexibility index (Phi) is 2.60. The second-order valence-electron chi connectivity index (χ2n) is 4.99. The van der Waals surface area contributed by atoms with E-state index in [9.17, 15) is 0 Å². The number of aromatic amines is 1. The van der Waals surface area contributed by atoms with Gasteiger partial charge in [0.15, 0.2) is 5.82 Å². The van der Waals surface area contributed by atoms with Gasteiger partial charge < -0.3 is 9.55 Å². The zero-order chi connectivity index (χ0) is 14.2. The number of fused-ring (bicyclic) bond motifs is 1. The summed E-state index contributed by atoms with van der Waals surface area (Å²) in [7, 11) is 0. The van der Waals surface area contributed by atoms with Gasteiger partial charge in [-0.2, -0.15) is 0 Å². The molecule has 3 aromatic heterocycles. The fourth-order valence-corrected chi connectivity index (χ4v) is 2.55. The van der Waals surface area contributed by atoms with Gasteiger partial charge in [-0.05, 0) is 30.7 Å². The summed E-state index contributed by atoms with van der Waals surface area (Å²) in [5.41, 5.74) is 4.09. The lowest BCUT2D eigenvalue weighted by Crippen LogP contribution is -1.99. The van der Waals surface area contributed by atoms with Gasteiger partial charge in [0.05, 0.1) is 5.52 Å². The van der Waals surface area contributed by atoms with Crippen LogP contribution >= 0.6 is 0 Å². The molecule has 0 unspecified atom stereocenters. The summed E-state index contributed by atoms with van der Waals surface area (Å²) in [6.07, 6.45) is 3.98. The Bertz CT molecular complexity index is 889. The molecule has 102 valence electrons. The van der Waals surface area contributed by atoms with E-state index in [1.54, 1.807) is 0 Å². The highest BCUT2D eigenvalue weighted by molar-refractivity contribution is 5.87. The maximum atomic E-state index is 4.57. The standard InChI is InChI=1S/C17H14N4/c1-12-18-15-11-14(13-7-3-2-4-8-13)20-16(15)17(19-12)21-9-5-6-10-21/h2-11,20H,1H3. The van der Waals surface area contributed by atoms with Crippen LogP contribution in [0.2, 0.25) is 0 Å². The van der Waals surface area contributed by atoms with Gasteiger partial charge in [-0.15, -0.1) is 0 Å². The van der Waals surface area contributed by atoms with Crippen molar-refractivity contribution >= 4 is 11.0 Å². The molecule has 1 aromatic carbocycles. The van der Waals surface area contributed by atoms with E-state index in [-0.39, 0.29) is 0 Å². The Hall–Kier alpha value is -2.88. The molecule has 4 rings (SSSR count).